The van der Waals surface area contributed by atoms with Gasteiger partial charge in [0.05, 0.1) is 28.7 Å². The number of hydrogen-bond donors (Lipinski definition) is 2. The summed E-state index contributed by atoms with van der Waals surface area (Å²) in [4.78, 5) is 21.2. The lowest BCUT2D eigenvalue weighted by molar-refractivity contribution is 0.0953. The van der Waals surface area contributed by atoms with Gasteiger partial charge >= 0.3 is 0 Å². The Morgan fingerprint density at radius 3 is 2.93 bits per heavy atom. The zero-order chi connectivity index (χ0) is 19.2. The molecule has 2 heterocycles. The van der Waals surface area contributed by atoms with Crippen LogP contribution in [-0.2, 0) is 0 Å². The second-order valence-corrected chi connectivity index (χ2v) is 7.08. The molecule has 0 radical (unpaired) electrons. The quantitative estimate of drug-likeness (QED) is 0.598. The Morgan fingerprint density at radius 1 is 1.11 bits per heavy atom. The van der Waals surface area contributed by atoms with Crippen LogP contribution in [0.25, 0.3) is 10.9 Å². The molecule has 0 saturated heterocycles. The third-order valence-electron chi connectivity index (χ3n) is 5.03. The first-order valence-corrected chi connectivity index (χ1v) is 9.81. The van der Waals surface area contributed by atoms with Gasteiger partial charge in [-0.25, -0.2) is 0 Å². The van der Waals surface area contributed by atoms with E-state index in [-0.39, 0.29) is 5.91 Å². The fourth-order valence-electron chi connectivity index (χ4n) is 3.56. The van der Waals surface area contributed by atoms with Gasteiger partial charge in [0.25, 0.3) is 5.91 Å². The molecule has 1 aliphatic rings. The molecule has 2 N–H and O–H groups in total. The SMILES string of the molecule is O=C(NCCC1=CCCCC1)c1cncc(Nc2cccc3cccnc23)c1. The highest BCUT2D eigenvalue weighted by atomic mass is 16.1. The van der Waals surface area contributed by atoms with Crippen molar-refractivity contribution in [1.82, 2.24) is 15.3 Å². The van der Waals surface area contributed by atoms with Crippen LogP contribution in [0, 0.1) is 0 Å². The van der Waals surface area contributed by atoms with Crippen LogP contribution < -0.4 is 10.6 Å². The van der Waals surface area contributed by atoms with Gasteiger partial charge in [0.15, 0.2) is 0 Å². The lowest BCUT2D eigenvalue weighted by Gasteiger charge is -2.13. The molecule has 0 atom stereocenters. The average molecular weight is 372 g/mol. The van der Waals surface area contributed by atoms with E-state index < -0.39 is 0 Å². The smallest absolute Gasteiger partial charge is 0.252 e. The highest BCUT2D eigenvalue weighted by Gasteiger charge is 2.09. The fourth-order valence-corrected chi connectivity index (χ4v) is 3.56. The maximum Gasteiger partial charge on any atom is 0.252 e. The number of hydrogen-bond acceptors (Lipinski definition) is 4. The van der Waals surface area contributed by atoms with Gasteiger partial charge in [-0.1, -0.05) is 29.8 Å². The van der Waals surface area contributed by atoms with Gasteiger partial charge < -0.3 is 10.6 Å². The number of para-hydroxylation sites is 1. The number of rotatable bonds is 6. The molecule has 5 nitrogen and oxygen atoms in total. The second kappa shape index (κ2) is 8.65. The molecule has 0 unspecified atom stereocenters. The fraction of sp³-hybridized carbons (Fsp3) is 0.261. The third-order valence-corrected chi connectivity index (χ3v) is 5.03. The first kappa shape index (κ1) is 18.2. The van der Waals surface area contributed by atoms with E-state index in [0.717, 1.165) is 35.1 Å². The summed E-state index contributed by atoms with van der Waals surface area (Å²) in [5.74, 6) is -0.0939. The van der Waals surface area contributed by atoms with Gasteiger partial charge in [-0.3, -0.25) is 14.8 Å². The van der Waals surface area contributed by atoms with E-state index in [4.69, 9.17) is 0 Å². The number of benzene rings is 1. The van der Waals surface area contributed by atoms with Crippen LogP contribution in [0.1, 0.15) is 42.5 Å². The Balaban J connectivity index is 1.42. The molecule has 0 fully saturated rings. The molecule has 1 amide bonds. The van der Waals surface area contributed by atoms with Crippen molar-refractivity contribution in [2.24, 2.45) is 0 Å². The van der Waals surface area contributed by atoms with Crippen molar-refractivity contribution in [3.05, 3.63) is 72.2 Å². The Kier molecular flexibility index (Phi) is 5.61. The average Bonchev–Trinajstić information content (AvgIpc) is 2.75. The monoisotopic (exact) mass is 372 g/mol. The van der Waals surface area contributed by atoms with Crippen LogP contribution in [0.15, 0.2) is 66.6 Å². The normalized spacial score (nSPS) is 13.8. The van der Waals surface area contributed by atoms with Crippen LogP contribution >= 0.6 is 0 Å². The standard InChI is InChI=1S/C23H24N4O/c28-23(26-13-11-17-6-2-1-3-7-17)19-14-20(16-24-15-19)27-21-10-4-8-18-9-5-12-25-22(18)21/h4-6,8-10,12,14-16,27H,1-3,7,11,13H2,(H,26,28). The first-order valence-electron chi connectivity index (χ1n) is 9.81. The minimum Gasteiger partial charge on any atom is -0.352 e. The van der Waals surface area contributed by atoms with Crippen LogP contribution in [-0.4, -0.2) is 22.4 Å². The van der Waals surface area contributed by atoms with Crippen molar-refractivity contribution in [2.75, 3.05) is 11.9 Å². The summed E-state index contributed by atoms with van der Waals surface area (Å²) >= 11 is 0. The predicted molar refractivity (Wildman–Crippen MR) is 113 cm³/mol. The summed E-state index contributed by atoms with van der Waals surface area (Å²) in [5, 5.41) is 7.40. The highest BCUT2D eigenvalue weighted by molar-refractivity contribution is 5.96. The summed E-state index contributed by atoms with van der Waals surface area (Å²) in [5.41, 5.74) is 4.56. The number of fused-ring (bicyclic) bond motifs is 1. The second-order valence-electron chi connectivity index (χ2n) is 7.08. The van der Waals surface area contributed by atoms with Crippen molar-refractivity contribution in [1.29, 1.82) is 0 Å². The Bertz CT molecular complexity index is 1010. The lowest BCUT2D eigenvalue weighted by Crippen LogP contribution is -2.25. The topological polar surface area (TPSA) is 66.9 Å². The molecule has 0 spiro atoms. The molecule has 28 heavy (non-hydrogen) atoms. The van der Waals surface area contributed by atoms with Gasteiger partial charge in [-0.15, -0.1) is 0 Å². The Morgan fingerprint density at radius 2 is 2.04 bits per heavy atom. The summed E-state index contributed by atoms with van der Waals surface area (Å²) < 4.78 is 0. The van der Waals surface area contributed by atoms with E-state index in [2.05, 4.69) is 26.7 Å². The zero-order valence-electron chi connectivity index (χ0n) is 15.8. The van der Waals surface area contributed by atoms with Gasteiger partial charge in [0, 0.05) is 24.3 Å². The number of anilines is 2. The molecular formula is C23H24N4O. The van der Waals surface area contributed by atoms with Gasteiger partial charge in [0.2, 0.25) is 0 Å². The zero-order valence-corrected chi connectivity index (χ0v) is 15.8. The van der Waals surface area contributed by atoms with Crippen molar-refractivity contribution < 1.29 is 4.79 Å². The van der Waals surface area contributed by atoms with E-state index in [1.165, 1.54) is 24.8 Å². The molecule has 142 valence electrons. The minimum absolute atomic E-state index is 0.0939. The Labute approximate surface area is 164 Å². The first-order chi connectivity index (χ1) is 13.8. The molecule has 0 bridgehead atoms. The van der Waals surface area contributed by atoms with Crippen molar-refractivity contribution >= 4 is 28.2 Å². The molecule has 1 aliphatic carbocycles. The van der Waals surface area contributed by atoms with E-state index in [9.17, 15) is 4.79 Å². The summed E-state index contributed by atoms with van der Waals surface area (Å²) in [6.45, 7) is 0.662. The number of allylic oxidation sites excluding steroid dienone is 1. The van der Waals surface area contributed by atoms with Crippen molar-refractivity contribution in [2.45, 2.75) is 32.1 Å². The van der Waals surface area contributed by atoms with Crippen LogP contribution in [0.2, 0.25) is 0 Å². The van der Waals surface area contributed by atoms with Crippen LogP contribution in [0.4, 0.5) is 11.4 Å². The predicted octanol–water partition coefficient (Wildman–Crippen LogP) is 4.99. The maximum absolute atomic E-state index is 12.5. The van der Waals surface area contributed by atoms with E-state index >= 15 is 0 Å². The molecule has 0 aliphatic heterocycles. The van der Waals surface area contributed by atoms with E-state index in [1.54, 1.807) is 18.6 Å². The van der Waals surface area contributed by atoms with Crippen LogP contribution in [0.3, 0.4) is 0 Å². The summed E-state index contributed by atoms with van der Waals surface area (Å²) in [6.07, 6.45) is 13.2. The lowest BCUT2D eigenvalue weighted by atomic mass is 9.97. The third kappa shape index (κ3) is 4.36. The van der Waals surface area contributed by atoms with Crippen molar-refractivity contribution in [3.63, 3.8) is 0 Å². The van der Waals surface area contributed by atoms with E-state index in [1.807, 2.05) is 36.4 Å². The number of nitrogens with one attached hydrogen (secondary N) is 2. The van der Waals surface area contributed by atoms with Gasteiger partial charge in [-0.2, -0.15) is 0 Å². The number of amides is 1. The molecule has 3 aromatic rings. The van der Waals surface area contributed by atoms with Gasteiger partial charge in [-0.05, 0) is 50.3 Å². The summed E-state index contributed by atoms with van der Waals surface area (Å²) in [6, 6.07) is 11.7. The number of carbonyl (C=O) groups is 1. The van der Waals surface area contributed by atoms with Crippen molar-refractivity contribution in [3.8, 4) is 0 Å². The molecule has 4 rings (SSSR count). The molecule has 2 aromatic heterocycles. The summed E-state index contributed by atoms with van der Waals surface area (Å²) in [7, 11) is 0. The Hall–Kier alpha value is -3.21. The number of nitrogens with zero attached hydrogens (tertiary/aromatic N) is 2. The minimum atomic E-state index is -0.0939. The molecule has 1 aromatic carbocycles. The molecule has 0 saturated carbocycles. The van der Waals surface area contributed by atoms with Gasteiger partial charge in [0.1, 0.15) is 0 Å². The highest BCUT2D eigenvalue weighted by Crippen LogP contribution is 2.24. The maximum atomic E-state index is 12.5. The molecular weight excluding hydrogens is 348 g/mol. The van der Waals surface area contributed by atoms with Crippen LogP contribution in [0.5, 0.6) is 0 Å². The molecule has 5 heteroatoms. The number of pyridine rings is 2. The van der Waals surface area contributed by atoms with E-state index in [0.29, 0.717) is 12.1 Å². The number of aromatic nitrogens is 2. The number of carbonyl (C=O) groups excluding carboxylic acids is 1. The largest absolute Gasteiger partial charge is 0.352 e.